The van der Waals surface area contributed by atoms with Gasteiger partial charge in [0.1, 0.15) is 5.75 Å². The van der Waals surface area contributed by atoms with Gasteiger partial charge in [-0.1, -0.05) is 32.0 Å². The van der Waals surface area contributed by atoms with Crippen LogP contribution in [0.4, 0.5) is 13.2 Å². The molecule has 0 aliphatic rings. The number of carbonyl (C=O) groups is 1. The maximum absolute atomic E-state index is 12.2. The standard InChI is InChI=1S/C13H16F3NO2/c1-3-9(2)12(18)17-8-10-6-4-5-7-11(10)19-13(14,15)16/h4-7,9H,3,8H2,1-2H3,(H,17,18). The zero-order valence-corrected chi connectivity index (χ0v) is 10.8. The summed E-state index contributed by atoms with van der Waals surface area (Å²) in [5.74, 6) is -0.653. The first-order valence-corrected chi connectivity index (χ1v) is 5.95. The predicted octanol–water partition coefficient (Wildman–Crippen LogP) is 3.25. The van der Waals surface area contributed by atoms with Gasteiger partial charge >= 0.3 is 6.36 Å². The van der Waals surface area contributed by atoms with Gasteiger partial charge < -0.3 is 10.1 Å². The Labute approximate surface area is 109 Å². The van der Waals surface area contributed by atoms with Gasteiger partial charge in [-0.05, 0) is 12.5 Å². The second-order valence-corrected chi connectivity index (χ2v) is 4.18. The zero-order chi connectivity index (χ0) is 14.5. The van der Waals surface area contributed by atoms with Gasteiger partial charge in [0.15, 0.2) is 0 Å². The maximum atomic E-state index is 12.2. The van der Waals surface area contributed by atoms with Crippen LogP contribution in [0.3, 0.4) is 0 Å². The second kappa shape index (κ2) is 6.45. The third kappa shape index (κ3) is 5.19. The number of para-hydroxylation sites is 1. The molecule has 0 saturated heterocycles. The Morgan fingerprint density at radius 2 is 2.00 bits per heavy atom. The summed E-state index contributed by atoms with van der Waals surface area (Å²) in [6.07, 6.45) is -4.07. The Morgan fingerprint density at radius 1 is 1.37 bits per heavy atom. The topological polar surface area (TPSA) is 38.3 Å². The fraction of sp³-hybridized carbons (Fsp3) is 0.462. The monoisotopic (exact) mass is 275 g/mol. The van der Waals surface area contributed by atoms with E-state index in [0.29, 0.717) is 6.42 Å². The van der Waals surface area contributed by atoms with Crippen LogP contribution in [0.2, 0.25) is 0 Å². The van der Waals surface area contributed by atoms with E-state index < -0.39 is 6.36 Å². The third-order valence-electron chi connectivity index (χ3n) is 2.71. The molecule has 1 aromatic rings. The molecule has 1 aromatic carbocycles. The lowest BCUT2D eigenvalue weighted by molar-refractivity contribution is -0.274. The van der Waals surface area contributed by atoms with E-state index in [-0.39, 0.29) is 29.7 Å². The Morgan fingerprint density at radius 3 is 2.58 bits per heavy atom. The highest BCUT2D eigenvalue weighted by Crippen LogP contribution is 2.26. The van der Waals surface area contributed by atoms with Crippen LogP contribution >= 0.6 is 0 Å². The molecule has 1 rings (SSSR count). The van der Waals surface area contributed by atoms with E-state index in [4.69, 9.17) is 0 Å². The highest BCUT2D eigenvalue weighted by Gasteiger charge is 2.31. The molecule has 0 fully saturated rings. The summed E-state index contributed by atoms with van der Waals surface area (Å²) >= 11 is 0. The van der Waals surface area contributed by atoms with Gasteiger partial charge in [-0.3, -0.25) is 4.79 Å². The van der Waals surface area contributed by atoms with Gasteiger partial charge in [0.25, 0.3) is 0 Å². The summed E-state index contributed by atoms with van der Waals surface area (Å²) in [5.41, 5.74) is 0.288. The molecule has 1 N–H and O–H groups in total. The van der Waals surface area contributed by atoms with Crippen molar-refractivity contribution in [2.24, 2.45) is 5.92 Å². The number of amides is 1. The Balaban J connectivity index is 2.71. The zero-order valence-electron chi connectivity index (χ0n) is 10.8. The number of nitrogens with one attached hydrogen (secondary N) is 1. The van der Waals surface area contributed by atoms with E-state index in [1.807, 2.05) is 6.92 Å². The van der Waals surface area contributed by atoms with Crippen molar-refractivity contribution < 1.29 is 22.7 Å². The van der Waals surface area contributed by atoms with Crippen LogP contribution < -0.4 is 10.1 Å². The first-order valence-electron chi connectivity index (χ1n) is 5.95. The van der Waals surface area contributed by atoms with Crippen LogP contribution in [0, 0.1) is 5.92 Å². The largest absolute Gasteiger partial charge is 0.573 e. The number of rotatable bonds is 5. The Kier molecular flexibility index (Phi) is 5.20. The van der Waals surface area contributed by atoms with Gasteiger partial charge in [0.05, 0.1) is 0 Å². The molecule has 0 saturated carbocycles. The molecule has 0 aliphatic heterocycles. The summed E-state index contributed by atoms with van der Waals surface area (Å²) < 4.78 is 40.5. The first-order chi connectivity index (χ1) is 8.83. The van der Waals surface area contributed by atoms with E-state index in [0.717, 1.165) is 0 Å². The number of benzene rings is 1. The number of halogens is 3. The van der Waals surface area contributed by atoms with Crippen molar-refractivity contribution in [3.8, 4) is 5.75 Å². The van der Waals surface area contributed by atoms with Crippen LogP contribution in [0.15, 0.2) is 24.3 Å². The van der Waals surface area contributed by atoms with Gasteiger partial charge in [-0.25, -0.2) is 0 Å². The van der Waals surface area contributed by atoms with Crippen molar-refractivity contribution in [3.05, 3.63) is 29.8 Å². The molecule has 1 atom stereocenters. The van der Waals surface area contributed by atoms with E-state index in [2.05, 4.69) is 10.1 Å². The Bertz CT molecular complexity index is 432. The lowest BCUT2D eigenvalue weighted by Crippen LogP contribution is -2.29. The smallest absolute Gasteiger partial charge is 0.405 e. The van der Waals surface area contributed by atoms with Gasteiger partial charge in [-0.2, -0.15) is 0 Å². The summed E-state index contributed by atoms with van der Waals surface area (Å²) in [7, 11) is 0. The average molecular weight is 275 g/mol. The van der Waals surface area contributed by atoms with Crippen molar-refractivity contribution in [2.45, 2.75) is 33.2 Å². The molecule has 0 bridgehead atoms. The van der Waals surface area contributed by atoms with E-state index in [1.54, 1.807) is 13.0 Å². The third-order valence-corrected chi connectivity index (χ3v) is 2.71. The van der Waals surface area contributed by atoms with Crippen molar-refractivity contribution in [2.75, 3.05) is 0 Å². The number of ether oxygens (including phenoxy) is 1. The molecule has 0 radical (unpaired) electrons. The molecule has 0 aromatic heterocycles. The second-order valence-electron chi connectivity index (χ2n) is 4.18. The van der Waals surface area contributed by atoms with Crippen LogP contribution in [-0.2, 0) is 11.3 Å². The molecule has 0 aliphatic carbocycles. The van der Waals surface area contributed by atoms with Gasteiger partial charge in [-0.15, -0.1) is 13.2 Å². The SMILES string of the molecule is CCC(C)C(=O)NCc1ccccc1OC(F)(F)F. The fourth-order valence-electron chi connectivity index (χ4n) is 1.42. The van der Waals surface area contributed by atoms with Crippen molar-refractivity contribution in [3.63, 3.8) is 0 Å². The maximum Gasteiger partial charge on any atom is 0.573 e. The van der Waals surface area contributed by atoms with Gasteiger partial charge in [0.2, 0.25) is 5.91 Å². The lowest BCUT2D eigenvalue weighted by Gasteiger charge is -2.14. The minimum Gasteiger partial charge on any atom is -0.405 e. The van der Waals surface area contributed by atoms with E-state index in [9.17, 15) is 18.0 Å². The molecule has 0 heterocycles. The fourth-order valence-corrected chi connectivity index (χ4v) is 1.42. The number of carbonyl (C=O) groups excluding carboxylic acids is 1. The molecule has 3 nitrogen and oxygen atoms in total. The molecular weight excluding hydrogens is 259 g/mol. The van der Waals surface area contributed by atoms with Crippen molar-refractivity contribution >= 4 is 5.91 Å². The van der Waals surface area contributed by atoms with Gasteiger partial charge in [0, 0.05) is 18.0 Å². The number of hydrogen-bond donors (Lipinski definition) is 1. The van der Waals surface area contributed by atoms with Crippen molar-refractivity contribution in [1.82, 2.24) is 5.32 Å². The van der Waals surface area contributed by atoms with Crippen LogP contribution in [-0.4, -0.2) is 12.3 Å². The summed E-state index contributed by atoms with van der Waals surface area (Å²) in [6, 6.07) is 5.74. The minimum absolute atomic E-state index is 0.00935. The molecule has 1 unspecified atom stereocenters. The molecule has 19 heavy (non-hydrogen) atoms. The summed E-state index contributed by atoms with van der Waals surface area (Å²) in [5, 5.41) is 2.59. The molecule has 0 spiro atoms. The number of alkyl halides is 3. The predicted molar refractivity (Wildman–Crippen MR) is 64.4 cm³/mol. The lowest BCUT2D eigenvalue weighted by atomic mass is 10.1. The van der Waals surface area contributed by atoms with Crippen LogP contribution in [0.1, 0.15) is 25.8 Å². The first kappa shape index (κ1) is 15.3. The molecule has 1 amide bonds. The van der Waals surface area contributed by atoms with Crippen LogP contribution in [0.5, 0.6) is 5.75 Å². The van der Waals surface area contributed by atoms with Crippen molar-refractivity contribution in [1.29, 1.82) is 0 Å². The van der Waals surface area contributed by atoms with E-state index >= 15 is 0 Å². The average Bonchev–Trinajstić information content (AvgIpc) is 2.34. The Hall–Kier alpha value is -1.72. The van der Waals surface area contributed by atoms with E-state index in [1.165, 1.54) is 18.2 Å². The minimum atomic E-state index is -4.74. The number of hydrogen-bond acceptors (Lipinski definition) is 2. The highest BCUT2D eigenvalue weighted by molar-refractivity contribution is 5.78. The highest BCUT2D eigenvalue weighted by atomic mass is 19.4. The molecule has 106 valence electrons. The van der Waals surface area contributed by atoms with Crippen LogP contribution in [0.25, 0.3) is 0 Å². The summed E-state index contributed by atoms with van der Waals surface area (Å²) in [6.45, 7) is 3.63. The quantitative estimate of drug-likeness (QED) is 0.895. The normalized spacial score (nSPS) is 12.9. The molecular formula is C13H16F3NO2. The molecule has 6 heteroatoms. The summed E-state index contributed by atoms with van der Waals surface area (Å²) in [4.78, 5) is 11.6.